The maximum Gasteiger partial charge on any atom is 0.0164 e. The number of hydrogen-bond acceptors (Lipinski definition) is 3. The van der Waals surface area contributed by atoms with Gasteiger partial charge in [0.25, 0.3) is 0 Å². The molecule has 1 aliphatic heterocycles. The van der Waals surface area contributed by atoms with E-state index in [1.807, 2.05) is 0 Å². The number of rotatable bonds is 6. The maximum absolute atomic E-state index is 3.71. The molecule has 0 aromatic rings. The molecule has 1 unspecified atom stereocenters. The molecule has 0 bridgehead atoms. The Hall–Kier alpha value is 0.270. The van der Waals surface area contributed by atoms with Crippen LogP contribution >= 0.6 is 11.8 Å². The van der Waals surface area contributed by atoms with E-state index in [4.69, 9.17) is 0 Å². The molecule has 16 heavy (non-hydrogen) atoms. The lowest BCUT2D eigenvalue weighted by atomic mass is 9.88. The Balaban J connectivity index is 2.17. The number of thioether (sulfide) groups is 1. The Kier molecular flexibility index (Phi) is 6.16. The summed E-state index contributed by atoms with van der Waals surface area (Å²) in [6, 6.07) is 0.726. The Bertz CT molecular complexity index is 190. The van der Waals surface area contributed by atoms with Crippen molar-refractivity contribution in [2.75, 3.05) is 37.7 Å². The van der Waals surface area contributed by atoms with Crippen LogP contribution in [0.15, 0.2) is 0 Å². The number of nitrogens with one attached hydrogen (secondary N) is 1. The zero-order valence-corrected chi connectivity index (χ0v) is 12.2. The fourth-order valence-corrected chi connectivity index (χ4v) is 3.67. The average Bonchev–Trinajstić information content (AvgIpc) is 2.23. The van der Waals surface area contributed by atoms with Gasteiger partial charge in [0.2, 0.25) is 0 Å². The van der Waals surface area contributed by atoms with Gasteiger partial charge in [-0.3, -0.25) is 0 Å². The Morgan fingerprint density at radius 1 is 1.31 bits per heavy atom. The lowest BCUT2D eigenvalue weighted by Crippen LogP contribution is -2.43. The largest absolute Gasteiger partial charge is 0.312 e. The van der Waals surface area contributed by atoms with Gasteiger partial charge < -0.3 is 10.2 Å². The van der Waals surface area contributed by atoms with Crippen LogP contribution in [-0.4, -0.2) is 48.6 Å². The fourth-order valence-electron chi connectivity index (χ4n) is 2.36. The Morgan fingerprint density at radius 2 is 2.00 bits per heavy atom. The maximum atomic E-state index is 3.71. The predicted molar refractivity (Wildman–Crippen MR) is 75.3 cm³/mol. The minimum absolute atomic E-state index is 0.524. The molecule has 0 aliphatic carbocycles. The first-order valence-electron chi connectivity index (χ1n) is 6.61. The SMILES string of the molecule is CCN(CC)CCNC1CSCC(C)(C)C1. The summed E-state index contributed by atoms with van der Waals surface area (Å²) >= 11 is 2.10. The van der Waals surface area contributed by atoms with Crippen LogP contribution < -0.4 is 5.32 Å². The molecule has 1 aliphatic rings. The minimum atomic E-state index is 0.524. The van der Waals surface area contributed by atoms with Crippen LogP contribution in [-0.2, 0) is 0 Å². The molecule has 2 nitrogen and oxygen atoms in total. The van der Waals surface area contributed by atoms with Crippen molar-refractivity contribution in [3.63, 3.8) is 0 Å². The van der Waals surface area contributed by atoms with E-state index in [0.717, 1.165) is 12.6 Å². The highest BCUT2D eigenvalue weighted by atomic mass is 32.2. The van der Waals surface area contributed by atoms with Gasteiger partial charge >= 0.3 is 0 Å². The van der Waals surface area contributed by atoms with Crippen molar-refractivity contribution in [2.45, 2.75) is 40.2 Å². The fraction of sp³-hybridized carbons (Fsp3) is 1.00. The van der Waals surface area contributed by atoms with E-state index < -0.39 is 0 Å². The van der Waals surface area contributed by atoms with Crippen LogP contribution in [0, 0.1) is 5.41 Å². The highest BCUT2D eigenvalue weighted by Gasteiger charge is 2.27. The van der Waals surface area contributed by atoms with Crippen molar-refractivity contribution in [1.29, 1.82) is 0 Å². The Morgan fingerprint density at radius 3 is 2.56 bits per heavy atom. The first kappa shape index (κ1) is 14.3. The summed E-state index contributed by atoms with van der Waals surface area (Å²) in [5, 5.41) is 3.71. The van der Waals surface area contributed by atoms with E-state index in [1.165, 1.54) is 37.6 Å². The van der Waals surface area contributed by atoms with Gasteiger partial charge in [-0.1, -0.05) is 27.7 Å². The number of nitrogens with zero attached hydrogens (tertiary/aromatic N) is 1. The third-order valence-corrected chi connectivity index (χ3v) is 4.99. The topological polar surface area (TPSA) is 15.3 Å². The second kappa shape index (κ2) is 6.87. The molecule has 0 aromatic heterocycles. The van der Waals surface area contributed by atoms with E-state index in [1.54, 1.807) is 0 Å². The summed E-state index contributed by atoms with van der Waals surface area (Å²) in [7, 11) is 0. The third-order valence-electron chi connectivity index (χ3n) is 3.37. The van der Waals surface area contributed by atoms with E-state index in [0.29, 0.717) is 5.41 Å². The smallest absolute Gasteiger partial charge is 0.0164 e. The monoisotopic (exact) mass is 244 g/mol. The van der Waals surface area contributed by atoms with Crippen molar-refractivity contribution in [3.05, 3.63) is 0 Å². The van der Waals surface area contributed by atoms with E-state index in [-0.39, 0.29) is 0 Å². The summed E-state index contributed by atoms with van der Waals surface area (Å²) in [6.45, 7) is 13.9. The molecule has 1 saturated heterocycles. The highest BCUT2D eigenvalue weighted by molar-refractivity contribution is 7.99. The summed E-state index contributed by atoms with van der Waals surface area (Å²) in [6.07, 6.45) is 1.33. The molecule has 1 N–H and O–H groups in total. The van der Waals surface area contributed by atoms with Gasteiger partial charge in [-0.05, 0) is 30.7 Å². The van der Waals surface area contributed by atoms with Crippen molar-refractivity contribution in [2.24, 2.45) is 5.41 Å². The zero-order valence-electron chi connectivity index (χ0n) is 11.4. The zero-order chi connectivity index (χ0) is 12.0. The minimum Gasteiger partial charge on any atom is -0.312 e. The summed E-state index contributed by atoms with van der Waals surface area (Å²) in [5.41, 5.74) is 0.524. The normalized spacial score (nSPS) is 24.9. The van der Waals surface area contributed by atoms with Gasteiger partial charge in [-0.15, -0.1) is 0 Å². The molecule has 1 atom stereocenters. The van der Waals surface area contributed by atoms with Crippen molar-refractivity contribution >= 4 is 11.8 Å². The first-order chi connectivity index (χ1) is 7.57. The number of likely N-dealkylation sites (N-methyl/N-ethyl adjacent to an activating group) is 1. The number of hydrogen-bond donors (Lipinski definition) is 1. The molecule has 1 rings (SSSR count). The summed E-state index contributed by atoms with van der Waals surface area (Å²) in [4.78, 5) is 2.48. The quantitative estimate of drug-likeness (QED) is 0.772. The molecule has 96 valence electrons. The van der Waals surface area contributed by atoms with E-state index in [9.17, 15) is 0 Å². The van der Waals surface area contributed by atoms with Crippen LogP contribution in [0.25, 0.3) is 0 Å². The lowest BCUT2D eigenvalue weighted by molar-refractivity contribution is 0.277. The molecule has 1 heterocycles. The second-order valence-corrected chi connectivity index (χ2v) is 6.59. The summed E-state index contributed by atoms with van der Waals surface area (Å²) < 4.78 is 0. The molecule has 0 aromatic carbocycles. The van der Waals surface area contributed by atoms with Gasteiger partial charge in [-0.25, -0.2) is 0 Å². The molecule has 3 heteroatoms. The standard InChI is InChI=1S/C13H28N2S/c1-5-15(6-2)8-7-14-12-9-13(3,4)11-16-10-12/h12,14H,5-11H2,1-4H3. The predicted octanol–water partition coefficient (Wildman–Crippen LogP) is 2.45. The second-order valence-electron chi connectivity index (χ2n) is 5.56. The molecular weight excluding hydrogens is 216 g/mol. The van der Waals surface area contributed by atoms with Crippen molar-refractivity contribution < 1.29 is 0 Å². The molecule has 0 spiro atoms. The molecule has 0 radical (unpaired) electrons. The molecular formula is C13H28N2S. The van der Waals surface area contributed by atoms with Crippen LogP contribution in [0.5, 0.6) is 0 Å². The van der Waals surface area contributed by atoms with Gasteiger partial charge in [0.15, 0.2) is 0 Å². The van der Waals surface area contributed by atoms with Crippen molar-refractivity contribution in [3.8, 4) is 0 Å². The highest BCUT2D eigenvalue weighted by Crippen LogP contribution is 2.33. The summed E-state index contributed by atoms with van der Waals surface area (Å²) in [5.74, 6) is 2.61. The lowest BCUT2D eigenvalue weighted by Gasteiger charge is -2.35. The third kappa shape index (κ3) is 5.07. The van der Waals surface area contributed by atoms with Gasteiger partial charge in [-0.2, -0.15) is 11.8 Å². The van der Waals surface area contributed by atoms with Crippen LogP contribution in [0.1, 0.15) is 34.1 Å². The van der Waals surface area contributed by atoms with Gasteiger partial charge in [0, 0.05) is 24.9 Å². The van der Waals surface area contributed by atoms with Crippen molar-refractivity contribution in [1.82, 2.24) is 10.2 Å². The Labute approximate surface area is 106 Å². The van der Waals surface area contributed by atoms with Gasteiger partial charge in [0.05, 0.1) is 0 Å². The first-order valence-corrected chi connectivity index (χ1v) is 7.76. The molecule has 0 saturated carbocycles. The van der Waals surface area contributed by atoms with Gasteiger partial charge in [0.1, 0.15) is 0 Å². The van der Waals surface area contributed by atoms with Crippen LogP contribution in [0.3, 0.4) is 0 Å². The van der Waals surface area contributed by atoms with Crippen LogP contribution in [0.2, 0.25) is 0 Å². The van der Waals surface area contributed by atoms with E-state index in [2.05, 4.69) is 49.7 Å². The van der Waals surface area contributed by atoms with E-state index >= 15 is 0 Å². The van der Waals surface area contributed by atoms with Crippen LogP contribution in [0.4, 0.5) is 0 Å². The molecule has 0 amide bonds. The average molecular weight is 244 g/mol. The molecule has 1 fully saturated rings.